The van der Waals surface area contributed by atoms with Crippen molar-refractivity contribution in [3.63, 3.8) is 0 Å². The Morgan fingerprint density at radius 3 is 2.38 bits per heavy atom. The summed E-state index contributed by atoms with van der Waals surface area (Å²) in [7, 11) is 0. The van der Waals surface area contributed by atoms with Crippen molar-refractivity contribution < 1.29 is 9.59 Å². The molecule has 2 aliphatic rings. The van der Waals surface area contributed by atoms with Gasteiger partial charge < -0.3 is 14.7 Å². The lowest BCUT2D eigenvalue weighted by Gasteiger charge is -2.38. The Hall–Kier alpha value is -2.34. The van der Waals surface area contributed by atoms with Gasteiger partial charge in [0, 0.05) is 38.4 Å². The molecule has 2 aliphatic heterocycles. The van der Waals surface area contributed by atoms with Gasteiger partial charge in [0.25, 0.3) is 5.91 Å². The molecule has 0 radical (unpaired) electrons. The average molecular weight is 369 g/mol. The molecule has 0 spiro atoms. The maximum absolute atomic E-state index is 13.0. The summed E-state index contributed by atoms with van der Waals surface area (Å²) in [6.45, 7) is 3.77. The summed E-state index contributed by atoms with van der Waals surface area (Å²) >= 11 is 1.44. The van der Waals surface area contributed by atoms with Crippen LogP contribution in [0, 0.1) is 0 Å². The molecule has 4 rings (SSSR count). The van der Waals surface area contributed by atoms with Crippen LogP contribution in [0.15, 0.2) is 47.8 Å². The normalized spacial score (nSPS) is 20.5. The molecular weight excluding hydrogens is 346 g/mol. The number of amides is 2. The third-order valence-electron chi connectivity index (χ3n) is 5.24. The summed E-state index contributed by atoms with van der Waals surface area (Å²) < 4.78 is 0. The van der Waals surface area contributed by atoms with Gasteiger partial charge in [-0.25, -0.2) is 0 Å². The van der Waals surface area contributed by atoms with Crippen LogP contribution in [0.1, 0.15) is 22.5 Å². The van der Waals surface area contributed by atoms with Crippen molar-refractivity contribution >= 4 is 28.8 Å². The summed E-state index contributed by atoms with van der Waals surface area (Å²) in [6, 6.07) is 13.7. The Bertz CT molecular complexity index is 755. The van der Waals surface area contributed by atoms with E-state index in [-0.39, 0.29) is 17.9 Å². The van der Waals surface area contributed by atoms with Crippen molar-refractivity contribution in [2.45, 2.75) is 18.9 Å². The smallest absolute Gasteiger partial charge is 0.264 e. The second kappa shape index (κ2) is 7.50. The molecule has 1 atom stereocenters. The fraction of sp³-hybridized carbons (Fsp3) is 0.400. The first-order valence-corrected chi connectivity index (χ1v) is 10.1. The van der Waals surface area contributed by atoms with E-state index in [0.29, 0.717) is 19.6 Å². The Morgan fingerprint density at radius 2 is 1.69 bits per heavy atom. The highest BCUT2D eigenvalue weighted by atomic mass is 32.1. The van der Waals surface area contributed by atoms with Gasteiger partial charge in [-0.2, -0.15) is 0 Å². The first kappa shape index (κ1) is 17.1. The standard InChI is InChI=1S/C20H23N3O2S/c24-19(17-8-4-10-23(17)20(25)18-9-5-15-26-18)22-13-11-21(12-14-22)16-6-2-1-3-7-16/h1-3,5-7,9,15,17H,4,8,10-14H2/t17-/m0/s1. The van der Waals surface area contributed by atoms with Crippen molar-refractivity contribution in [1.29, 1.82) is 0 Å². The quantitative estimate of drug-likeness (QED) is 0.836. The fourth-order valence-electron chi connectivity index (χ4n) is 3.84. The molecule has 0 N–H and O–H groups in total. The fourth-order valence-corrected chi connectivity index (χ4v) is 4.52. The predicted octanol–water partition coefficient (Wildman–Crippen LogP) is 2.70. The van der Waals surface area contributed by atoms with E-state index in [1.807, 2.05) is 40.6 Å². The Labute approximate surface area is 157 Å². The number of nitrogens with zero attached hydrogens (tertiary/aromatic N) is 3. The number of thiophene rings is 1. The number of carbonyl (C=O) groups excluding carboxylic acids is 2. The van der Waals surface area contributed by atoms with Crippen molar-refractivity contribution in [3.8, 4) is 0 Å². The van der Waals surface area contributed by atoms with Crippen LogP contribution in [0.5, 0.6) is 0 Å². The van der Waals surface area contributed by atoms with E-state index >= 15 is 0 Å². The number of hydrogen-bond donors (Lipinski definition) is 0. The lowest BCUT2D eigenvalue weighted by Crippen LogP contribution is -2.54. The first-order chi connectivity index (χ1) is 12.7. The number of anilines is 1. The number of piperazine rings is 1. The van der Waals surface area contributed by atoms with Gasteiger partial charge in [-0.3, -0.25) is 9.59 Å². The molecule has 1 aromatic carbocycles. The molecule has 6 heteroatoms. The summed E-state index contributed by atoms with van der Waals surface area (Å²) in [5.74, 6) is 0.110. The molecule has 26 heavy (non-hydrogen) atoms. The third kappa shape index (κ3) is 3.33. The van der Waals surface area contributed by atoms with Crippen molar-refractivity contribution in [2.75, 3.05) is 37.6 Å². The monoisotopic (exact) mass is 369 g/mol. The summed E-state index contributed by atoms with van der Waals surface area (Å²) in [5, 5.41) is 1.91. The van der Waals surface area contributed by atoms with Gasteiger partial charge in [-0.05, 0) is 36.4 Å². The molecule has 0 saturated carbocycles. The van der Waals surface area contributed by atoms with E-state index in [0.717, 1.165) is 30.8 Å². The second-order valence-electron chi connectivity index (χ2n) is 6.78. The highest BCUT2D eigenvalue weighted by molar-refractivity contribution is 7.12. The molecule has 2 amide bonds. The van der Waals surface area contributed by atoms with Crippen LogP contribution in [0.4, 0.5) is 5.69 Å². The zero-order chi connectivity index (χ0) is 17.9. The first-order valence-electron chi connectivity index (χ1n) is 9.17. The largest absolute Gasteiger partial charge is 0.368 e. The number of rotatable bonds is 3. The predicted molar refractivity (Wildman–Crippen MR) is 104 cm³/mol. The molecule has 0 unspecified atom stereocenters. The molecule has 3 heterocycles. The van der Waals surface area contributed by atoms with E-state index in [1.54, 1.807) is 4.90 Å². The van der Waals surface area contributed by atoms with Gasteiger partial charge >= 0.3 is 0 Å². The van der Waals surface area contributed by atoms with E-state index in [4.69, 9.17) is 0 Å². The zero-order valence-electron chi connectivity index (χ0n) is 14.7. The molecule has 5 nitrogen and oxygen atoms in total. The lowest BCUT2D eigenvalue weighted by molar-refractivity contribution is -0.135. The zero-order valence-corrected chi connectivity index (χ0v) is 15.5. The van der Waals surface area contributed by atoms with Crippen LogP contribution in [0.3, 0.4) is 0 Å². The topological polar surface area (TPSA) is 43.9 Å². The maximum atomic E-state index is 13.0. The molecule has 2 fully saturated rings. The highest BCUT2D eigenvalue weighted by Crippen LogP contribution is 2.24. The van der Waals surface area contributed by atoms with Crippen LogP contribution in [-0.2, 0) is 4.79 Å². The number of benzene rings is 1. The maximum Gasteiger partial charge on any atom is 0.264 e. The molecule has 1 aromatic heterocycles. The van der Waals surface area contributed by atoms with Gasteiger partial charge in [-0.1, -0.05) is 24.3 Å². The molecule has 2 aromatic rings. The minimum absolute atomic E-state index is 0.00114. The summed E-state index contributed by atoms with van der Waals surface area (Å²) in [5.41, 5.74) is 1.20. The van der Waals surface area contributed by atoms with Crippen molar-refractivity contribution in [1.82, 2.24) is 9.80 Å². The SMILES string of the molecule is O=C([C@@H]1CCCN1C(=O)c1cccs1)N1CCN(c2ccccc2)CC1. The van der Waals surface area contributed by atoms with Gasteiger partial charge in [0.05, 0.1) is 4.88 Å². The van der Waals surface area contributed by atoms with Gasteiger partial charge in [0.15, 0.2) is 0 Å². The third-order valence-corrected chi connectivity index (χ3v) is 6.10. The number of likely N-dealkylation sites (tertiary alicyclic amines) is 1. The highest BCUT2D eigenvalue weighted by Gasteiger charge is 2.37. The molecular formula is C20H23N3O2S. The van der Waals surface area contributed by atoms with Crippen LogP contribution in [-0.4, -0.2) is 60.4 Å². The van der Waals surface area contributed by atoms with E-state index in [1.165, 1.54) is 17.0 Å². The average Bonchev–Trinajstić information content (AvgIpc) is 3.40. The van der Waals surface area contributed by atoms with E-state index in [2.05, 4.69) is 17.0 Å². The summed E-state index contributed by atoms with van der Waals surface area (Å²) in [6.07, 6.45) is 1.67. The molecule has 0 bridgehead atoms. The lowest BCUT2D eigenvalue weighted by atomic mass is 10.1. The molecule has 2 saturated heterocycles. The van der Waals surface area contributed by atoms with Crippen LogP contribution >= 0.6 is 11.3 Å². The minimum Gasteiger partial charge on any atom is -0.368 e. The number of hydrogen-bond acceptors (Lipinski definition) is 4. The molecule has 0 aliphatic carbocycles. The minimum atomic E-state index is -0.298. The van der Waals surface area contributed by atoms with Crippen LogP contribution in [0.2, 0.25) is 0 Å². The van der Waals surface area contributed by atoms with Crippen LogP contribution in [0.25, 0.3) is 0 Å². The Kier molecular flexibility index (Phi) is 4.93. The van der Waals surface area contributed by atoms with Gasteiger partial charge in [0.1, 0.15) is 6.04 Å². The van der Waals surface area contributed by atoms with Crippen molar-refractivity contribution in [2.24, 2.45) is 0 Å². The Balaban J connectivity index is 1.39. The van der Waals surface area contributed by atoms with Gasteiger partial charge in [-0.15, -0.1) is 11.3 Å². The van der Waals surface area contributed by atoms with Crippen molar-refractivity contribution in [3.05, 3.63) is 52.7 Å². The Morgan fingerprint density at radius 1 is 0.923 bits per heavy atom. The number of para-hydroxylation sites is 1. The van der Waals surface area contributed by atoms with E-state index in [9.17, 15) is 9.59 Å². The van der Waals surface area contributed by atoms with Gasteiger partial charge in [0.2, 0.25) is 5.91 Å². The molecule has 136 valence electrons. The number of carbonyl (C=O) groups is 2. The van der Waals surface area contributed by atoms with Crippen LogP contribution < -0.4 is 4.90 Å². The summed E-state index contributed by atoms with van der Waals surface area (Å²) in [4.78, 5) is 32.5. The second-order valence-corrected chi connectivity index (χ2v) is 7.73. The van der Waals surface area contributed by atoms with E-state index < -0.39 is 0 Å².